The lowest BCUT2D eigenvalue weighted by molar-refractivity contribution is 0.0542. The quantitative estimate of drug-likeness (QED) is 0.455. The van der Waals surface area contributed by atoms with Crippen LogP contribution in [-0.2, 0) is 14.2 Å². The molecule has 29 heavy (non-hydrogen) atoms. The maximum absolute atomic E-state index is 12.8. The van der Waals surface area contributed by atoms with Crippen molar-refractivity contribution in [3.63, 3.8) is 0 Å². The minimum Gasteiger partial charge on any atom is -0.504 e. The van der Waals surface area contributed by atoms with Gasteiger partial charge in [0.05, 0.1) is 31.6 Å². The van der Waals surface area contributed by atoms with Crippen molar-refractivity contribution >= 4 is 39.9 Å². The maximum atomic E-state index is 12.8. The molecule has 0 radical (unpaired) electrons. The van der Waals surface area contributed by atoms with Crippen LogP contribution in [0.2, 0.25) is 0 Å². The molecule has 152 valence electrons. The third-order valence-electron chi connectivity index (χ3n) is 3.96. The smallest absolute Gasteiger partial charge is 0.419 e. The second kappa shape index (κ2) is 8.08. The Kier molecular flexibility index (Phi) is 5.74. The first-order chi connectivity index (χ1) is 13.7. The number of esters is 1. The monoisotopic (exact) mass is 414 g/mol. The predicted molar refractivity (Wildman–Crippen MR) is 111 cm³/mol. The van der Waals surface area contributed by atoms with Crippen LogP contribution in [-0.4, -0.2) is 41.4 Å². The molecule has 0 aliphatic rings. The lowest BCUT2D eigenvalue weighted by atomic mass is 10.1. The van der Waals surface area contributed by atoms with Gasteiger partial charge in [-0.2, -0.15) is 0 Å². The highest BCUT2D eigenvalue weighted by Crippen LogP contribution is 2.33. The van der Waals surface area contributed by atoms with Crippen LogP contribution in [0.5, 0.6) is 0 Å². The molecule has 3 aromatic rings. The molecule has 3 rings (SSSR count). The molecule has 0 amide bonds. The van der Waals surface area contributed by atoms with E-state index in [4.69, 9.17) is 14.2 Å². The number of benzene rings is 1. The number of carbonyl (C=O) groups excluding carboxylic acids is 2. The van der Waals surface area contributed by atoms with Crippen LogP contribution >= 0.6 is 11.3 Å². The second-order valence-electron chi connectivity index (χ2n) is 7.21. The Hall–Kier alpha value is -3.13. The van der Waals surface area contributed by atoms with Gasteiger partial charge >= 0.3 is 12.1 Å². The summed E-state index contributed by atoms with van der Waals surface area (Å²) >= 11 is 1.29. The van der Waals surface area contributed by atoms with Gasteiger partial charge < -0.3 is 14.2 Å². The second-order valence-corrected chi connectivity index (χ2v) is 8.07. The SMILES string of the molecule is CO/C=C(\c1nc(C(=O)OC)cs1)c1cn(C(=O)OC(C)(C)C)c2ccccc12. The van der Waals surface area contributed by atoms with E-state index in [1.54, 1.807) is 17.8 Å². The van der Waals surface area contributed by atoms with Crippen molar-refractivity contribution in [1.29, 1.82) is 0 Å². The van der Waals surface area contributed by atoms with Crippen molar-refractivity contribution < 1.29 is 23.8 Å². The Labute approximate surface area is 172 Å². The van der Waals surface area contributed by atoms with E-state index in [9.17, 15) is 9.59 Å². The Bertz CT molecular complexity index is 1090. The zero-order chi connectivity index (χ0) is 21.2. The fraction of sp³-hybridized carbons (Fsp3) is 0.286. The van der Waals surface area contributed by atoms with E-state index in [2.05, 4.69) is 4.98 Å². The molecule has 1 aromatic carbocycles. The van der Waals surface area contributed by atoms with Crippen molar-refractivity contribution in [3.05, 3.63) is 58.4 Å². The molecule has 0 fully saturated rings. The molecule has 0 unspecified atom stereocenters. The molecule has 0 atom stereocenters. The summed E-state index contributed by atoms with van der Waals surface area (Å²) in [7, 11) is 2.84. The first-order valence-corrected chi connectivity index (χ1v) is 9.74. The Morgan fingerprint density at radius 2 is 1.90 bits per heavy atom. The lowest BCUT2D eigenvalue weighted by Gasteiger charge is -2.19. The largest absolute Gasteiger partial charge is 0.504 e. The number of rotatable bonds is 4. The van der Waals surface area contributed by atoms with Gasteiger partial charge in [-0.25, -0.2) is 14.6 Å². The summed E-state index contributed by atoms with van der Waals surface area (Å²) < 4.78 is 17.0. The Morgan fingerprint density at radius 1 is 1.17 bits per heavy atom. The highest BCUT2D eigenvalue weighted by molar-refractivity contribution is 7.11. The van der Waals surface area contributed by atoms with Crippen molar-refractivity contribution in [3.8, 4) is 0 Å². The first-order valence-electron chi connectivity index (χ1n) is 8.86. The molecule has 0 N–H and O–H groups in total. The van der Waals surface area contributed by atoms with E-state index in [-0.39, 0.29) is 5.69 Å². The molecule has 0 aliphatic carbocycles. The van der Waals surface area contributed by atoms with Gasteiger partial charge in [0.1, 0.15) is 10.6 Å². The lowest BCUT2D eigenvalue weighted by Crippen LogP contribution is -2.26. The number of hydrogen-bond donors (Lipinski definition) is 0. The molecule has 0 bridgehead atoms. The Balaban J connectivity index is 2.14. The van der Waals surface area contributed by atoms with E-state index >= 15 is 0 Å². The number of thiazole rings is 1. The standard InChI is InChI=1S/C21H22N2O5S/c1-21(2,3)28-20(25)23-10-14(13-8-6-7-9-17(13)23)15(11-26-4)18-22-16(12-29-18)19(24)27-5/h6-12H,1-5H3/b15-11-. The third-order valence-corrected chi connectivity index (χ3v) is 4.83. The summed E-state index contributed by atoms with van der Waals surface area (Å²) in [6, 6.07) is 7.49. The minimum absolute atomic E-state index is 0.213. The average Bonchev–Trinajstić information content (AvgIpc) is 3.30. The number of fused-ring (bicyclic) bond motifs is 1. The molecule has 8 heteroatoms. The van der Waals surface area contributed by atoms with Crippen molar-refractivity contribution in [2.24, 2.45) is 0 Å². The van der Waals surface area contributed by atoms with Gasteiger partial charge in [0.25, 0.3) is 0 Å². The zero-order valence-corrected chi connectivity index (χ0v) is 17.7. The van der Waals surface area contributed by atoms with Crippen molar-refractivity contribution in [2.45, 2.75) is 26.4 Å². The van der Waals surface area contributed by atoms with E-state index in [1.807, 2.05) is 45.0 Å². The molecular weight excluding hydrogens is 392 g/mol. The summed E-state index contributed by atoms with van der Waals surface area (Å²) in [5, 5.41) is 3.02. The van der Waals surface area contributed by atoms with Gasteiger partial charge in [-0.05, 0) is 26.8 Å². The van der Waals surface area contributed by atoms with Gasteiger partial charge in [0.15, 0.2) is 5.69 Å². The molecule has 2 heterocycles. The van der Waals surface area contributed by atoms with Gasteiger partial charge in [-0.15, -0.1) is 11.3 Å². The molecule has 0 spiro atoms. The van der Waals surface area contributed by atoms with Crippen LogP contribution in [0.25, 0.3) is 16.5 Å². The number of methoxy groups -OCH3 is 2. The van der Waals surface area contributed by atoms with Gasteiger partial charge in [-0.3, -0.25) is 4.57 Å². The van der Waals surface area contributed by atoms with Crippen LogP contribution in [0.15, 0.2) is 42.1 Å². The summed E-state index contributed by atoms with van der Waals surface area (Å²) in [6.45, 7) is 5.45. The zero-order valence-electron chi connectivity index (χ0n) is 16.9. The number of hydrogen-bond acceptors (Lipinski definition) is 7. The van der Waals surface area contributed by atoms with Crippen LogP contribution < -0.4 is 0 Å². The molecule has 7 nitrogen and oxygen atoms in total. The highest BCUT2D eigenvalue weighted by atomic mass is 32.1. The third kappa shape index (κ3) is 4.32. The fourth-order valence-electron chi connectivity index (χ4n) is 2.80. The van der Waals surface area contributed by atoms with Gasteiger partial charge in [0.2, 0.25) is 0 Å². The summed E-state index contributed by atoms with van der Waals surface area (Å²) in [4.78, 5) is 28.9. The normalized spacial score (nSPS) is 12.1. The predicted octanol–water partition coefficient (Wildman–Crippen LogP) is 4.70. The molecular formula is C21H22N2O5S. The maximum Gasteiger partial charge on any atom is 0.419 e. The summed E-state index contributed by atoms with van der Waals surface area (Å²) in [6.07, 6.45) is 2.76. The van der Waals surface area contributed by atoms with Crippen LogP contribution in [0, 0.1) is 0 Å². The van der Waals surface area contributed by atoms with E-state index in [0.29, 0.717) is 16.1 Å². The van der Waals surface area contributed by atoms with Crippen molar-refractivity contribution in [2.75, 3.05) is 14.2 Å². The van der Waals surface area contributed by atoms with E-state index in [1.165, 1.54) is 30.1 Å². The summed E-state index contributed by atoms with van der Waals surface area (Å²) in [5.41, 5.74) is 1.66. The first kappa shape index (κ1) is 20.6. The molecule has 0 saturated carbocycles. The number of aromatic nitrogens is 2. The summed E-state index contributed by atoms with van der Waals surface area (Å²) in [5.74, 6) is -0.513. The Morgan fingerprint density at radius 3 is 2.55 bits per heavy atom. The molecule has 0 saturated heterocycles. The van der Waals surface area contributed by atoms with Crippen LogP contribution in [0.1, 0.15) is 41.8 Å². The van der Waals surface area contributed by atoms with E-state index in [0.717, 1.165) is 10.9 Å². The average molecular weight is 414 g/mol. The number of nitrogens with zero attached hydrogens (tertiary/aromatic N) is 2. The number of para-hydroxylation sites is 1. The topological polar surface area (TPSA) is 79.7 Å². The van der Waals surface area contributed by atoms with Gasteiger partial charge in [-0.1, -0.05) is 18.2 Å². The van der Waals surface area contributed by atoms with Crippen LogP contribution in [0.3, 0.4) is 0 Å². The molecule has 2 aromatic heterocycles. The van der Waals surface area contributed by atoms with Crippen molar-refractivity contribution in [1.82, 2.24) is 9.55 Å². The number of ether oxygens (including phenoxy) is 3. The number of carbonyl (C=O) groups is 2. The van der Waals surface area contributed by atoms with Gasteiger partial charge in [0, 0.05) is 22.5 Å². The molecule has 0 aliphatic heterocycles. The fourth-order valence-corrected chi connectivity index (χ4v) is 3.61. The minimum atomic E-state index is -0.626. The van der Waals surface area contributed by atoms with Crippen LogP contribution in [0.4, 0.5) is 4.79 Å². The highest BCUT2D eigenvalue weighted by Gasteiger charge is 2.23. The van der Waals surface area contributed by atoms with E-state index < -0.39 is 17.7 Å².